The molecule has 0 heterocycles. The van der Waals surface area contributed by atoms with Gasteiger partial charge in [0.1, 0.15) is 0 Å². The first kappa shape index (κ1) is 37.0. The molecule has 0 nitrogen and oxygen atoms in total. The molecule has 4 heteroatoms. The second-order valence-corrected chi connectivity index (χ2v) is 25.7. The zero-order valence-corrected chi connectivity index (χ0v) is 29.1. The van der Waals surface area contributed by atoms with Crippen LogP contribution in [0.5, 0.6) is 0 Å². The van der Waals surface area contributed by atoms with Crippen LogP contribution in [0, 0.1) is 0 Å². The molecule has 0 aromatic heterocycles. The first-order valence-electron chi connectivity index (χ1n) is 16.7. The van der Waals surface area contributed by atoms with E-state index < -0.39 is 14.8 Å². The Morgan fingerprint density at radius 1 is 0.306 bits per heavy atom. The van der Waals surface area contributed by atoms with Crippen molar-refractivity contribution in [3.63, 3.8) is 0 Å². The average Bonchev–Trinajstić information content (AvgIpc) is 2.83. The van der Waals surface area contributed by atoms with E-state index in [1.54, 1.807) is 0 Å². The number of rotatable bonds is 29. The van der Waals surface area contributed by atoms with E-state index in [9.17, 15) is 0 Å². The van der Waals surface area contributed by atoms with Crippen LogP contribution in [0.25, 0.3) is 0 Å². The lowest BCUT2D eigenvalue weighted by atomic mass is 10.1. The summed E-state index contributed by atoms with van der Waals surface area (Å²) in [6, 6.07) is 5.35. The fourth-order valence-electron chi connectivity index (χ4n) is 5.55. The minimum atomic E-state index is -1.45. The molecule has 218 valence electrons. The molecule has 0 spiro atoms. The Balaban J connectivity index is 3.46. The van der Waals surface area contributed by atoms with Crippen molar-refractivity contribution in [3.05, 3.63) is 0 Å². The zero-order chi connectivity index (χ0) is 26.8. The lowest BCUT2D eigenvalue weighted by Gasteiger charge is -2.19. The highest BCUT2D eigenvalue weighted by Gasteiger charge is 2.23. The minimum absolute atomic E-state index is 1.34. The molecule has 0 fully saturated rings. The Bertz CT molecular complexity index is 400. The highest BCUT2D eigenvalue weighted by atomic mass is 35.6. The molecule has 0 radical (unpaired) electrons. The van der Waals surface area contributed by atoms with Crippen LogP contribution in [0.1, 0.15) is 168 Å². The van der Waals surface area contributed by atoms with Crippen LogP contribution in [-0.2, 0) is 0 Å². The summed E-state index contributed by atoms with van der Waals surface area (Å²) in [6.45, 7) is 9.42. The van der Waals surface area contributed by atoms with E-state index in [0.717, 1.165) is 0 Å². The van der Waals surface area contributed by atoms with Gasteiger partial charge in [-0.2, -0.15) is 22.2 Å². The first-order chi connectivity index (χ1) is 17.3. The summed E-state index contributed by atoms with van der Waals surface area (Å²) < 4.78 is 0. The standard InChI is InChI=1S/C32H68Cl2Si2/c1-5-7-9-11-13-17-21-25-29-35(3,33)31-27-23-19-15-16-20-24-28-32-36(4,34)30-26-22-18-14-12-10-8-6-2/h5-32H2,1-4H3. The van der Waals surface area contributed by atoms with Gasteiger partial charge in [-0.05, 0) is 24.2 Å². The summed E-state index contributed by atoms with van der Waals surface area (Å²) in [7, 11) is -2.89. The summed E-state index contributed by atoms with van der Waals surface area (Å²) in [5, 5.41) is 0. The summed E-state index contributed by atoms with van der Waals surface area (Å²) in [5.41, 5.74) is 0. The van der Waals surface area contributed by atoms with E-state index in [0.29, 0.717) is 0 Å². The van der Waals surface area contributed by atoms with E-state index in [1.165, 1.54) is 178 Å². The van der Waals surface area contributed by atoms with Crippen molar-refractivity contribution in [2.45, 2.75) is 205 Å². The smallest absolute Gasteiger partial charge is 0.153 e. The van der Waals surface area contributed by atoms with Crippen LogP contribution in [0.2, 0.25) is 37.3 Å². The fraction of sp³-hybridized carbons (Fsp3) is 1.00. The molecule has 0 saturated heterocycles. The molecular weight excluding hydrogens is 511 g/mol. The first-order valence-corrected chi connectivity index (χ1v) is 24.6. The molecule has 0 N–H and O–H groups in total. The summed E-state index contributed by atoms with van der Waals surface area (Å²) in [6.07, 6.45) is 33.8. The molecule has 0 aliphatic rings. The summed E-state index contributed by atoms with van der Waals surface area (Å²) >= 11 is 13.9. The highest BCUT2D eigenvalue weighted by Crippen LogP contribution is 2.28. The Hall–Kier alpha value is 1.01. The van der Waals surface area contributed by atoms with Crippen LogP contribution in [0.3, 0.4) is 0 Å². The summed E-state index contributed by atoms with van der Waals surface area (Å²) in [4.78, 5) is 0. The Kier molecular flexibility index (Phi) is 27.0. The van der Waals surface area contributed by atoms with E-state index in [1.807, 2.05) is 0 Å². The molecule has 0 aliphatic heterocycles. The normalized spacial score (nSPS) is 15.2. The molecule has 0 saturated carbocycles. The molecule has 36 heavy (non-hydrogen) atoms. The van der Waals surface area contributed by atoms with Gasteiger partial charge in [0.25, 0.3) is 0 Å². The molecule has 0 bridgehead atoms. The van der Waals surface area contributed by atoms with Gasteiger partial charge in [-0.3, -0.25) is 0 Å². The molecule has 2 atom stereocenters. The lowest BCUT2D eigenvalue weighted by molar-refractivity contribution is 0.578. The van der Waals surface area contributed by atoms with Crippen LogP contribution in [-0.4, -0.2) is 14.8 Å². The van der Waals surface area contributed by atoms with Gasteiger partial charge < -0.3 is 0 Å². The number of halogens is 2. The quantitative estimate of drug-likeness (QED) is 0.0469. The van der Waals surface area contributed by atoms with Crippen molar-refractivity contribution >= 4 is 36.9 Å². The monoisotopic (exact) mass is 578 g/mol. The summed E-state index contributed by atoms with van der Waals surface area (Å²) in [5.74, 6) is 0. The molecule has 0 aromatic rings. The van der Waals surface area contributed by atoms with Crippen molar-refractivity contribution in [1.82, 2.24) is 0 Å². The second kappa shape index (κ2) is 26.2. The van der Waals surface area contributed by atoms with Crippen molar-refractivity contribution in [3.8, 4) is 0 Å². The van der Waals surface area contributed by atoms with Crippen molar-refractivity contribution in [2.24, 2.45) is 0 Å². The molecule has 0 amide bonds. The van der Waals surface area contributed by atoms with E-state index >= 15 is 0 Å². The SMILES string of the molecule is CCCCCCCCCC[Si](C)(Cl)CCCCCCCCCC[Si](C)(Cl)CCCCCCCCCC. The van der Waals surface area contributed by atoms with Gasteiger partial charge in [0.05, 0.1) is 0 Å². The number of unbranched alkanes of at least 4 members (excludes halogenated alkanes) is 21. The third-order valence-electron chi connectivity index (χ3n) is 8.25. The number of hydrogen-bond donors (Lipinski definition) is 0. The van der Waals surface area contributed by atoms with Crippen molar-refractivity contribution in [1.29, 1.82) is 0 Å². The minimum Gasteiger partial charge on any atom is -0.167 e. The Labute approximate surface area is 241 Å². The molecular formula is C32H68Cl2Si2. The Morgan fingerprint density at radius 2 is 0.472 bits per heavy atom. The molecule has 0 aliphatic carbocycles. The van der Waals surface area contributed by atoms with Crippen molar-refractivity contribution < 1.29 is 0 Å². The van der Waals surface area contributed by atoms with E-state index in [4.69, 9.17) is 22.2 Å². The van der Waals surface area contributed by atoms with Gasteiger partial charge in [0, 0.05) is 0 Å². The van der Waals surface area contributed by atoms with Gasteiger partial charge in [0.15, 0.2) is 14.8 Å². The van der Waals surface area contributed by atoms with Crippen LogP contribution < -0.4 is 0 Å². The van der Waals surface area contributed by atoms with Crippen molar-refractivity contribution in [2.75, 3.05) is 0 Å². The van der Waals surface area contributed by atoms with Gasteiger partial charge in [-0.1, -0.05) is 181 Å². The largest absolute Gasteiger partial charge is 0.167 e. The topological polar surface area (TPSA) is 0 Å². The van der Waals surface area contributed by atoms with Gasteiger partial charge in [-0.15, -0.1) is 0 Å². The fourth-order valence-corrected chi connectivity index (χ4v) is 11.6. The van der Waals surface area contributed by atoms with E-state index in [2.05, 4.69) is 26.9 Å². The van der Waals surface area contributed by atoms with E-state index in [-0.39, 0.29) is 0 Å². The predicted octanol–water partition coefficient (Wildman–Crippen LogP) is 14.0. The molecule has 0 rings (SSSR count). The third kappa shape index (κ3) is 28.0. The molecule has 2 unspecified atom stereocenters. The third-order valence-corrected chi connectivity index (χ3v) is 16.1. The van der Waals surface area contributed by atoms with Crippen LogP contribution >= 0.6 is 22.2 Å². The maximum absolute atomic E-state index is 6.95. The maximum Gasteiger partial charge on any atom is 0.153 e. The van der Waals surface area contributed by atoms with Gasteiger partial charge >= 0.3 is 0 Å². The molecule has 0 aromatic carbocycles. The average molecular weight is 580 g/mol. The Morgan fingerprint density at radius 3 is 0.667 bits per heavy atom. The highest BCUT2D eigenvalue weighted by molar-refractivity contribution is 7.20. The van der Waals surface area contributed by atoms with Crippen LogP contribution in [0.15, 0.2) is 0 Å². The predicted molar refractivity (Wildman–Crippen MR) is 176 cm³/mol. The van der Waals surface area contributed by atoms with Crippen LogP contribution in [0.4, 0.5) is 0 Å². The zero-order valence-electron chi connectivity index (χ0n) is 25.6. The van der Waals surface area contributed by atoms with Gasteiger partial charge in [0.2, 0.25) is 0 Å². The maximum atomic E-state index is 6.95. The van der Waals surface area contributed by atoms with Gasteiger partial charge in [-0.25, -0.2) is 0 Å². The second-order valence-electron chi connectivity index (χ2n) is 12.6. The lowest BCUT2D eigenvalue weighted by Crippen LogP contribution is -2.21. The number of hydrogen-bond acceptors (Lipinski definition) is 0.